The van der Waals surface area contributed by atoms with Gasteiger partial charge in [0.05, 0.1) is 11.9 Å². The molecule has 1 aliphatic heterocycles. The maximum absolute atomic E-state index is 13.2. The number of amides is 2. The summed E-state index contributed by atoms with van der Waals surface area (Å²) >= 11 is 0. The minimum Gasteiger partial charge on any atom is -0.381 e. The van der Waals surface area contributed by atoms with Crippen molar-refractivity contribution in [2.24, 2.45) is 7.05 Å². The largest absolute Gasteiger partial charge is 0.381 e. The highest BCUT2D eigenvalue weighted by atomic mass is 16.5. The van der Waals surface area contributed by atoms with Gasteiger partial charge in [0.2, 0.25) is 11.9 Å². The summed E-state index contributed by atoms with van der Waals surface area (Å²) in [5.41, 5.74) is 5.83. The van der Waals surface area contributed by atoms with E-state index in [2.05, 4.69) is 46.7 Å². The maximum atomic E-state index is 13.2. The third kappa shape index (κ3) is 6.35. The van der Waals surface area contributed by atoms with E-state index in [1.807, 2.05) is 18.3 Å². The van der Waals surface area contributed by atoms with Gasteiger partial charge in [-0.3, -0.25) is 19.7 Å². The van der Waals surface area contributed by atoms with E-state index in [-0.39, 0.29) is 17.7 Å². The summed E-state index contributed by atoms with van der Waals surface area (Å²) in [4.78, 5) is 35.0. The number of fused-ring (bicyclic) bond motifs is 1. The maximum Gasteiger partial charge on any atom is 0.297 e. The van der Waals surface area contributed by atoms with Gasteiger partial charge in [-0.05, 0) is 48.6 Å². The molecule has 0 atom stereocenters. The lowest BCUT2D eigenvalue weighted by atomic mass is 10.1. The summed E-state index contributed by atoms with van der Waals surface area (Å²) in [6.45, 7) is 9.48. The number of hydrogen-bond donors (Lipinski definition) is 3. The molecule has 1 saturated heterocycles. The Bertz CT molecular complexity index is 1550. The lowest BCUT2D eigenvalue weighted by Gasteiger charge is -2.23. The first-order chi connectivity index (χ1) is 19.8. The van der Waals surface area contributed by atoms with Crippen molar-refractivity contribution in [1.29, 1.82) is 0 Å². The van der Waals surface area contributed by atoms with Gasteiger partial charge in [0, 0.05) is 44.6 Å². The number of hydrazine groups is 1. The zero-order valence-electron chi connectivity index (χ0n) is 23.4. The molecule has 0 bridgehead atoms. The predicted molar refractivity (Wildman–Crippen MR) is 154 cm³/mol. The summed E-state index contributed by atoms with van der Waals surface area (Å²) in [6, 6.07) is 9.08. The van der Waals surface area contributed by atoms with Crippen LogP contribution in [0, 0.1) is 0 Å². The van der Waals surface area contributed by atoms with E-state index < -0.39 is 11.8 Å². The van der Waals surface area contributed by atoms with Crippen molar-refractivity contribution in [3.8, 4) is 0 Å². The monoisotopic (exact) mass is 558 g/mol. The molecule has 0 spiro atoms. The predicted octanol–water partition coefficient (Wildman–Crippen LogP) is 3.05. The van der Waals surface area contributed by atoms with E-state index in [1.165, 1.54) is 4.68 Å². The smallest absolute Gasteiger partial charge is 0.297 e. The van der Waals surface area contributed by atoms with Gasteiger partial charge < -0.3 is 15.4 Å². The highest BCUT2D eigenvalue weighted by molar-refractivity contribution is 6.07. The second-order valence-electron chi connectivity index (χ2n) is 10.1. The number of carbonyl (C=O) groups excluding carboxylic acids is 2. The molecule has 41 heavy (non-hydrogen) atoms. The number of nitrogens with one attached hydrogen (secondary N) is 3. The van der Waals surface area contributed by atoms with Crippen molar-refractivity contribution in [1.82, 2.24) is 34.8 Å². The van der Waals surface area contributed by atoms with Crippen LogP contribution in [-0.2, 0) is 23.1 Å². The highest BCUT2D eigenvalue weighted by Crippen LogP contribution is 2.24. The molecule has 0 radical (unpaired) electrons. The second-order valence-corrected chi connectivity index (χ2v) is 10.1. The minimum absolute atomic E-state index is 0.188. The van der Waals surface area contributed by atoms with Crippen LogP contribution in [0.3, 0.4) is 0 Å². The Hall–Kier alpha value is -4.78. The number of rotatable bonds is 9. The lowest BCUT2D eigenvalue weighted by molar-refractivity contribution is -0.116. The first kappa shape index (κ1) is 27.8. The SMILES string of the molecule is C=CC(=O)NN(C(=O)c1ccn(C)n1)c1cccc(CNc2nc(NC3CCOCC3)nc3c(C(C)C)cnn23)c1. The molecule has 13 heteroatoms. The molecule has 4 heterocycles. The molecule has 3 N–H and O–H groups in total. The molecule has 0 aliphatic carbocycles. The third-order valence-electron chi connectivity index (χ3n) is 6.73. The molecule has 1 fully saturated rings. The molecule has 0 unspecified atom stereocenters. The first-order valence-corrected chi connectivity index (χ1v) is 13.5. The fourth-order valence-corrected chi connectivity index (χ4v) is 4.52. The molecule has 1 aromatic carbocycles. The molecule has 0 saturated carbocycles. The molecular formula is C28H34N10O3. The Balaban J connectivity index is 1.41. The number of aryl methyl sites for hydroxylation is 1. The van der Waals surface area contributed by atoms with E-state index in [1.54, 1.807) is 36.0 Å². The number of aromatic nitrogens is 6. The van der Waals surface area contributed by atoms with Crippen LogP contribution in [0.15, 0.2) is 55.4 Å². The van der Waals surface area contributed by atoms with Crippen LogP contribution in [0.25, 0.3) is 5.65 Å². The average Bonchev–Trinajstić information content (AvgIpc) is 3.61. The van der Waals surface area contributed by atoms with E-state index >= 15 is 0 Å². The van der Waals surface area contributed by atoms with Gasteiger partial charge in [-0.15, -0.1) is 0 Å². The average molecular weight is 559 g/mol. The molecule has 4 aromatic rings. The van der Waals surface area contributed by atoms with Gasteiger partial charge >= 0.3 is 0 Å². The number of nitrogens with zero attached hydrogens (tertiary/aromatic N) is 7. The van der Waals surface area contributed by atoms with Crippen molar-refractivity contribution in [2.45, 2.75) is 45.2 Å². The Morgan fingerprint density at radius 3 is 2.73 bits per heavy atom. The zero-order chi connectivity index (χ0) is 28.9. The molecule has 5 rings (SSSR count). The quantitative estimate of drug-likeness (QED) is 0.209. The summed E-state index contributed by atoms with van der Waals surface area (Å²) in [5.74, 6) is 0.289. The second kappa shape index (κ2) is 12.2. The van der Waals surface area contributed by atoms with Crippen LogP contribution < -0.4 is 21.1 Å². The van der Waals surface area contributed by atoms with Gasteiger partial charge in [-0.25, -0.2) is 5.01 Å². The standard InChI is InChI=1S/C28H34N10O3/c1-5-24(39)35-37(26(40)23-9-12-36(4)34-23)21-8-6-7-19(15-21)16-29-28-33-27(31-20-10-13-41-14-11-20)32-25-22(18(2)3)17-30-38(25)28/h5-9,12,15,17-18,20H,1,10-11,13-14,16H2,2-4H3,(H,35,39)(H2,29,31,32,33). The van der Waals surface area contributed by atoms with Crippen molar-refractivity contribution >= 4 is 35.0 Å². The van der Waals surface area contributed by atoms with Gasteiger partial charge in [-0.1, -0.05) is 32.6 Å². The van der Waals surface area contributed by atoms with Gasteiger partial charge in [0.25, 0.3) is 11.8 Å². The van der Waals surface area contributed by atoms with Crippen LogP contribution in [0.2, 0.25) is 0 Å². The first-order valence-electron chi connectivity index (χ1n) is 13.5. The van der Waals surface area contributed by atoms with E-state index in [0.29, 0.717) is 37.3 Å². The van der Waals surface area contributed by atoms with Crippen LogP contribution in [0.1, 0.15) is 54.2 Å². The number of hydrogen-bond acceptors (Lipinski definition) is 9. The minimum atomic E-state index is -0.523. The van der Waals surface area contributed by atoms with Gasteiger partial charge in [0.15, 0.2) is 11.3 Å². The zero-order valence-corrected chi connectivity index (χ0v) is 23.4. The van der Waals surface area contributed by atoms with Crippen molar-refractivity contribution in [2.75, 3.05) is 28.9 Å². The fourth-order valence-electron chi connectivity index (χ4n) is 4.52. The number of ether oxygens (including phenoxy) is 1. The molecule has 1 aliphatic rings. The highest BCUT2D eigenvalue weighted by Gasteiger charge is 2.22. The Labute approximate surface area is 237 Å². The van der Waals surface area contributed by atoms with Gasteiger partial charge in [0.1, 0.15) is 0 Å². The Morgan fingerprint density at radius 2 is 2.02 bits per heavy atom. The molecule has 2 amide bonds. The molecule has 13 nitrogen and oxygen atoms in total. The Morgan fingerprint density at radius 1 is 1.22 bits per heavy atom. The van der Waals surface area contributed by atoms with E-state index in [9.17, 15) is 9.59 Å². The summed E-state index contributed by atoms with van der Waals surface area (Å²) < 4.78 is 8.71. The number of carbonyl (C=O) groups is 2. The van der Waals surface area contributed by atoms with Gasteiger partial charge in [-0.2, -0.15) is 24.7 Å². The van der Waals surface area contributed by atoms with Crippen molar-refractivity contribution < 1.29 is 14.3 Å². The number of benzene rings is 1. The summed E-state index contributed by atoms with van der Waals surface area (Å²) in [7, 11) is 1.72. The van der Waals surface area contributed by atoms with E-state index in [0.717, 1.165) is 40.7 Å². The topological polar surface area (TPSA) is 144 Å². The van der Waals surface area contributed by atoms with Crippen LogP contribution >= 0.6 is 0 Å². The van der Waals surface area contributed by atoms with Crippen molar-refractivity contribution in [3.63, 3.8) is 0 Å². The van der Waals surface area contributed by atoms with E-state index in [4.69, 9.17) is 14.7 Å². The van der Waals surface area contributed by atoms with Crippen LogP contribution in [0.5, 0.6) is 0 Å². The van der Waals surface area contributed by atoms with Crippen LogP contribution in [0.4, 0.5) is 17.6 Å². The summed E-state index contributed by atoms with van der Waals surface area (Å²) in [5, 5.41) is 16.7. The van der Waals surface area contributed by atoms with Crippen LogP contribution in [-0.4, -0.2) is 60.4 Å². The summed E-state index contributed by atoms with van der Waals surface area (Å²) in [6.07, 6.45) is 6.36. The van der Waals surface area contributed by atoms with Crippen molar-refractivity contribution in [3.05, 3.63) is 72.2 Å². The third-order valence-corrected chi connectivity index (χ3v) is 6.73. The molecule has 3 aromatic heterocycles. The normalized spacial score (nSPS) is 13.8. The molecular weight excluding hydrogens is 524 g/mol. The molecule has 214 valence electrons. The number of anilines is 3. The lowest BCUT2D eigenvalue weighted by Crippen LogP contribution is -2.46. The Kier molecular flexibility index (Phi) is 8.24. The fraction of sp³-hybridized carbons (Fsp3) is 0.357.